The van der Waals surface area contributed by atoms with Gasteiger partial charge < -0.3 is 10.6 Å². The van der Waals surface area contributed by atoms with Gasteiger partial charge in [-0.3, -0.25) is 9.59 Å². The Kier molecular flexibility index (Phi) is 8.26. The van der Waals surface area contributed by atoms with Crippen LogP contribution in [0.2, 0.25) is 5.02 Å². The third-order valence-electron chi connectivity index (χ3n) is 5.57. The van der Waals surface area contributed by atoms with Crippen molar-refractivity contribution in [2.45, 2.75) is 19.8 Å². The number of amides is 2. The molecule has 36 heavy (non-hydrogen) atoms. The standard InChI is InChI=1S/C27H23ClN4O2S2/c1-16-5-3-6-20(13-16)31-23(33)15-36-27-21(14-29)25(22-7-4-12-35-22)24(17(2)30-27)26(34)32-19-10-8-18(28)9-11-19/h3-13,21,25H,15H2,1-2H3,(H,31,33)(H,32,34). The van der Waals surface area contributed by atoms with Crippen molar-refractivity contribution in [1.82, 2.24) is 0 Å². The van der Waals surface area contributed by atoms with Crippen LogP contribution in [-0.4, -0.2) is 22.6 Å². The number of hydrogen-bond acceptors (Lipinski definition) is 6. The summed E-state index contributed by atoms with van der Waals surface area (Å²) in [6.45, 7) is 3.72. The van der Waals surface area contributed by atoms with Crippen LogP contribution in [0, 0.1) is 24.2 Å². The van der Waals surface area contributed by atoms with Crippen molar-refractivity contribution in [3.05, 3.63) is 92.8 Å². The molecule has 2 atom stereocenters. The first-order chi connectivity index (χ1) is 17.4. The molecule has 2 N–H and O–H groups in total. The van der Waals surface area contributed by atoms with Crippen LogP contribution in [0.1, 0.15) is 23.3 Å². The highest BCUT2D eigenvalue weighted by molar-refractivity contribution is 8.14. The topological polar surface area (TPSA) is 94.4 Å². The van der Waals surface area contributed by atoms with Gasteiger partial charge in [0.2, 0.25) is 5.91 Å². The fraction of sp³-hybridized carbons (Fsp3) is 0.185. The number of hydrogen-bond donors (Lipinski definition) is 2. The minimum Gasteiger partial charge on any atom is -0.325 e. The minimum absolute atomic E-state index is 0.0989. The number of aryl methyl sites for hydroxylation is 1. The van der Waals surface area contributed by atoms with Crippen LogP contribution in [0.4, 0.5) is 11.4 Å². The summed E-state index contributed by atoms with van der Waals surface area (Å²) in [7, 11) is 0. The first kappa shape index (κ1) is 25.7. The summed E-state index contributed by atoms with van der Waals surface area (Å²) in [6, 6.07) is 20.6. The highest BCUT2D eigenvalue weighted by atomic mass is 35.5. The number of allylic oxidation sites excluding steroid dienone is 1. The van der Waals surface area contributed by atoms with E-state index in [1.807, 2.05) is 48.7 Å². The lowest BCUT2D eigenvalue weighted by atomic mass is 9.82. The zero-order chi connectivity index (χ0) is 25.7. The molecule has 0 saturated heterocycles. The molecule has 2 heterocycles. The summed E-state index contributed by atoms with van der Waals surface area (Å²) < 4.78 is 0. The Morgan fingerprint density at radius 2 is 1.86 bits per heavy atom. The highest BCUT2D eigenvalue weighted by Crippen LogP contribution is 2.43. The van der Waals surface area contributed by atoms with Gasteiger partial charge >= 0.3 is 0 Å². The number of rotatable bonds is 6. The van der Waals surface area contributed by atoms with Crippen molar-refractivity contribution in [3.8, 4) is 6.07 Å². The quantitative estimate of drug-likeness (QED) is 0.371. The highest BCUT2D eigenvalue weighted by Gasteiger charge is 2.39. The van der Waals surface area contributed by atoms with E-state index in [1.165, 1.54) is 23.1 Å². The average Bonchev–Trinajstić information content (AvgIpc) is 3.38. The lowest BCUT2D eigenvalue weighted by Crippen LogP contribution is -2.31. The third kappa shape index (κ3) is 6.05. The summed E-state index contributed by atoms with van der Waals surface area (Å²) in [5.74, 6) is -1.61. The van der Waals surface area contributed by atoms with Gasteiger partial charge in [-0.05, 0) is 67.3 Å². The van der Waals surface area contributed by atoms with Crippen LogP contribution in [0.15, 0.2) is 82.3 Å². The fourth-order valence-corrected chi connectivity index (χ4v) is 5.87. The molecule has 1 aliphatic heterocycles. The summed E-state index contributed by atoms with van der Waals surface area (Å²) in [5.41, 5.74) is 3.32. The average molecular weight is 535 g/mol. The maximum Gasteiger partial charge on any atom is 0.254 e. The van der Waals surface area contributed by atoms with Crippen molar-refractivity contribution in [3.63, 3.8) is 0 Å². The molecule has 3 aromatic rings. The van der Waals surface area contributed by atoms with Gasteiger partial charge in [-0.2, -0.15) is 5.26 Å². The van der Waals surface area contributed by atoms with Gasteiger partial charge in [-0.15, -0.1) is 11.3 Å². The van der Waals surface area contributed by atoms with E-state index in [2.05, 4.69) is 21.7 Å². The van der Waals surface area contributed by atoms with E-state index in [0.717, 1.165) is 16.1 Å². The smallest absolute Gasteiger partial charge is 0.254 e. The number of halogens is 1. The third-order valence-corrected chi connectivity index (χ3v) is 7.82. The van der Waals surface area contributed by atoms with Crippen molar-refractivity contribution >= 4 is 62.9 Å². The van der Waals surface area contributed by atoms with E-state index in [-0.39, 0.29) is 17.6 Å². The second-order valence-corrected chi connectivity index (χ2v) is 10.6. The molecule has 0 aliphatic carbocycles. The number of thioether (sulfide) groups is 1. The van der Waals surface area contributed by atoms with Crippen LogP contribution in [0.25, 0.3) is 0 Å². The van der Waals surface area contributed by atoms with Gasteiger partial charge in [0.05, 0.1) is 16.9 Å². The Labute approximate surface area is 223 Å². The Morgan fingerprint density at radius 3 is 2.53 bits per heavy atom. The Bertz CT molecular complexity index is 1380. The van der Waals surface area contributed by atoms with E-state index in [1.54, 1.807) is 31.2 Å². The Balaban J connectivity index is 1.59. The zero-order valence-corrected chi connectivity index (χ0v) is 22.0. The van der Waals surface area contributed by atoms with Gasteiger partial charge in [0.15, 0.2) is 0 Å². The molecule has 0 bridgehead atoms. The van der Waals surface area contributed by atoms with Crippen LogP contribution in [0.3, 0.4) is 0 Å². The first-order valence-corrected chi connectivity index (χ1v) is 13.4. The van der Waals surface area contributed by atoms with Crippen molar-refractivity contribution < 1.29 is 9.59 Å². The van der Waals surface area contributed by atoms with Crippen molar-refractivity contribution in [2.75, 3.05) is 16.4 Å². The van der Waals surface area contributed by atoms with E-state index >= 15 is 0 Å². The number of carbonyl (C=O) groups is 2. The molecule has 2 unspecified atom stereocenters. The fourth-order valence-electron chi connectivity index (χ4n) is 3.95. The number of benzene rings is 2. The van der Waals surface area contributed by atoms with Crippen LogP contribution < -0.4 is 10.6 Å². The van der Waals surface area contributed by atoms with Gasteiger partial charge in [0.25, 0.3) is 5.91 Å². The van der Waals surface area contributed by atoms with Crippen LogP contribution in [-0.2, 0) is 9.59 Å². The number of nitrogens with one attached hydrogen (secondary N) is 2. The second kappa shape index (κ2) is 11.6. The first-order valence-electron chi connectivity index (χ1n) is 11.1. The summed E-state index contributed by atoms with van der Waals surface area (Å²) in [5, 5.41) is 19.0. The van der Waals surface area contributed by atoms with Crippen molar-refractivity contribution in [2.24, 2.45) is 10.9 Å². The maximum absolute atomic E-state index is 13.4. The van der Waals surface area contributed by atoms with Gasteiger partial charge in [-0.25, -0.2) is 4.99 Å². The molecule has 2 aromatic carbocycles. The SMILES string of the molecule is CC1=C(C(=O)Nc2ccc(Cl)cc2)C(c2cccs2)C(C#N)C(SCC(=O)Nc2cccc(C)c2)=N1. The number of thiophene rings is 1. The molecule has 0 radical (unpaired) electrons. The van der Waals surface area contributed by atoms with Crippen LogP contribution in [0.5, 0.6) is 0 Å². The van der Waals surface area contributed by atoms with Crippen LogP contribution >= 0.6 is 34.7 Å². The Morgan fingerprint density at radius 1 is 1.08 bits per heavy atom. The summed E-state index contributed by atoms with van der Waals surface area (Å²) in [6.07, 6.45) is 0. The lowest BCUT2D eigenvalue weighted by molar-refractivity contribution is -0.114. The molecule has 182 valence electrons. The van der Waals surface area contributed by atoms with E-state index in [4.69, 9.17) is 11.6 Å². The largest absolute Gasteiger partial charge is 0.325 e. The number of nitrogens with zero attached hydrogens (tertiary/aromatic N) is 2. The summed E-state index contributed by atoms with van der Waals surface area (Å²) >= 11 is 8.67. The van der Waals surface area contributed by atoms with Crippen molar-refractivity contribution in [1.29, 1.82) is 5.26 Å². The number of anilines is 2. The molecule has 2 amide bonds. The minimum atomic E-state index is -0.699. The van der Waals surface area contributed by atoms with E-state index in [0.29, 0.717) is 27.0 Å². The molecule has 4 rings (SSSR count). The molecule has 6 nitrogen and oxygen atoms in total. The molecule has 0 fully saturated rings. The summed E-state index contributed by atoms with van der Waals surface area (Å²) in [4.78, 5) is 31.5. The number of aliphatic imine (C=N–C) groups is 1. The lowest BCUT2D eigenvalue weighted by Gasteiger charge is -2.29. The van der Waals surface area contributed by atoms with E-state index < -0.39 is 11.8 Å². The Hall–Kier alpha value is -3.38. The number of nitriles is 1. The maximum atomic E-state index is 13.4. The molecule has 9 heteroatoms. The predicted molar refractivity (Wildman–Crippen MR) is 149 cm³/mol. The molecule has 1 aliphatic rings. The molecule has 0 saturated carbocycles. The van der Waals surface area contributed by atoms with E-state index in [9.17, 15) is 14.9 Å². The van der Waals surface area contributed by atoms with Gasteiger partial charge in [-0.1, -0.05) is 41.6 Å². The molecular formula is C27H23ClN4O2S2. The zero-order valence-electron chi connectivity index (χ0n) is 19.6. The van der Waals surface area contributed by atoms with Gasteiger partial charge in [0.1, 0.15) is 5.92 Å². The molecule has 1 aromatic heterocycles. The second-order valence-electron chi connectivity index (χ2n) is 8.22. The monoisotopic (exact) mass is 534 g/mol. The van der Waals surface area contributed by atoms with Gasteiger partial charge in [0, 0.05) is 38.5 Å². The predicted octanol–water partition coefficient (Wildman–Crippen LogP) is 6.63. The normalized spacial score (nSPS) is 17.2. The molecule has 0 spiro atoms. The molecular weight excluding hydrogens is 512 g/mol. The number of carbonyl (C=O) groups excluding carboxylic acids is 2.